The van der Waals surface area contributed by atoms with Crippen LogP contribution in [0.1, 0.15) is 32.1 Å². The third-order valence-electron chi connectivity index (χ3n) is 9.12. The lowest BCUT2D eigenvalue weighted by molar-refractivity contribution is -0.873. The number of aromatic nitrogens is 1. The highest BCUT2D eigenvalue weighted by Gasteiger charge is 2.28. The van der Waals surface area contributed by atoms with Crippen molar-refractivity contribution in [3.63, 3.8) is 0 Å². The van der Waals surface area contributed by atoms with Gasteiger partial charge in [0.1, 0.15) is 0 Å². The molecule has 0 spiro atoms. The van der Waals surface area contributed by atoms with E-state index in [0.717, 1.165) is 94.3 Å². The van der Waals surface area contributed by atoms with Gasteiger partial charge in [-0.25, -0.2) is 0 Å². The van der Waals surface area contributed by atoms with Crippen molar-refractivity contribution in [3.8, 4) is 28.0 Å². The van der Waals surface area contributed by atoms with Gasteiger partial charge in [0.15, 0.2) is 12.3 Å². The zero-order chi connectivity index (χ0) is 34.6. The summed E-state index contributed by atoms with van der Waals surface area (Å²) in [6.07, 6.45) is 7.37. The van der Waals surface area contributed by atoms with Crippen molar-refractivity contribution in [1.82, 2.24) is 0 Å². The Morgan fingerprint density at radius 3 is 1.87 bits per heavy atom. The number of halogens is 3. The Kier molecular flexibility index (Phi) is 15.5. The second kappa shape index (κ2) is 18.7. The zero-order valence-corrected chi connectivity index (χ0v) is 36.3. The normalized spacial score (nSPS) is 13.6. The Morgan fingerprint density at radius 1 is 0.692 bits per heavy atom. The van der Waals surface area contributed by atoms with Crippen LogP contribution in [0, 0.1) is 0 Å². The summed E-state index contributed by atoms with van der Waals surface area (Å²) in [4.78, 5) is 2.36. The Balaban J connectivity index is 0.00000243. The summed E-state index contributed by atoms with van der Waals surface area (Å²) < 4.78 is 17.5. The summed E-state index contributed by atoms with van der Waals surface area (Å²) in [6, 6.07) is 34.3. The minimum absolute atomic E-state index is 0. The van der Waals surface area contributed by atoms with Crippen molar-refractivity contribution in [1.29, 1.82) is 0 Å². The monoisotopic (exact) mass is 894 g/mol. The maximum absolute atomic E-state index is 6.62. The molecule has 2 heterocycles. The van der Waals surface area contributed by atoms with E-state index in [2.05, 4.69) is 168 Å². The molecule has 0 atom stereocenters. The average molecular weight is 898 g/mol. The van der Waals surface area contributed by atoms with Gasteiger partial charge in [0.05, 0.1) is 73.6 Å². The van der Waals surface area contributed by atoms with Crippen molar-refractivity contribution in [2.24, 2.45) is 0 Å². The van der Waals surface area contributed by atoms with Gasteiger partial charge < -0.3 is 74.0 Å². The molecule has 1 aliphatic rings. The number of anilines is 1. The lowest BCUT2D eigenvalue weighted by atomic mass is 10.0. The number of allylic oxidation sites excluding steroid dienone is 2. The summed E-state index contributed by atoms with van der Waals surface area (Å²) in [6.45, 7) is 6.11. The first-order valence-corrected chi connectivity index (χ1v) is 17.7. The lowest BCUT2D eigenvalue weighted by Gasteiger charge is -2.26. The van der Waals surface area contributed by atoms with Gasteiger partial charge in [-0.05, 0) is 52.4 Å². The number of aryl methyl sites for hydroxylation is 1. The molecule has 4 aromatic carbocycles. The molecule has 0 amide bonds. The number of quaternary nitrogens is 2. The third kappa shape index (κ3) is 10.9. The Bertz CT molecular complexity index is 1960. The second-order valence-electron chi connectivity index (χ2n) is 15.2. The van der Waals surface area contributed by atoms with Gasteiger partial charge >= 0.3 is 5.89 Å². The van der Waals surface area contributed by atoms with Gasteiger partial charge in [-0.2, -0.15) is 4.57 Å². The molecule has 1 aromatic heterocycles. The number of nitrogens with zero attached hydrogens (tertiary/aromatic N) is 4. The molecule has 0 saturated carbocycles. The predicted molar refractivity (Wildman–Crippen MR) is 203 cm³/mol. The molecule has 0 bridgehead atoms. The summed E-state index contributed by atoms with van der Waals surface area (Å²) in [5.41, 5.74) is 9.11. The van der Waals surface area contributed by atoms with Crippen molar-refractivity contribution in [3.05, 3.63) is 120 Å². The first kappa shape index (κ1) is 43.2. The van der Waals surface area contributed by atoms with E-state index in [1.165, 1.54) is 22.3 Å². The van der Waals surface area contributed by atoms with E-state index >= 15 is 0 Å². The molecular weight excluding hydrogens is 844 g/mol. The number of hydrogen-bond donors (Lipinski definition) is 0. The smallest absolute Gasteiger partial charge is 0.374 e. The molecule has 278 valence electrons. The first-order chi connectivity index (χ1) is 23.5. The van der Waals surface area contributed by atoms with Gasteiger partial charge in [0.2, 0.25) is 11.5 Å². The molecule has 1 aliphatic heterocycles. The van der Waals surface area contributed by atoms with Crippen molar-refractivity contribution < 1.29 is 73.6 Å². The van der Waals surface area contributed by atoms with Crippen LogP contribution >= 0.6 is 0 Å². The molecule has 0 aliphatic carbocycles. The molecule has 0 unspecified atom stereocenters. The topological polar surface area (TPSA) is 29.5 Å². The highest BCUT2D eigenvalue weighted by molar-refractivity contribution is 5.79. The van der Waals surface area contributed by atoms with Gasteiger partial charge in [0.25, 0.3) is 5.52 Å². The Morgan fingerprint density at radius 2 is 1.27 bits per heavy atom. The minimum atomic E-state index is 0. The number of benzene rings is 4. The van der Waals surface area contributed by atoms with Crippen LogP contribution in [-0.2, 0) is 6.54 Å². The van der Waals surface area contributed by atoms with Crippen LogP contribution in [0.3, 0.4) is 0 Å². The van der Waals surface area contributed by atoms with Crippen molar-refractivity contribution in [2.75, 3.05) is 66.8 Å². The van der Waals surface area contributed by atoms with Crippen LogP contribution < -0.4 is 65.1 Å². The van der Waals surface area contributed by atoms with Gasteiger partial charge in [-0.1, -0.05) is 79.7 Å². The molecule has 5 aromatic rings. The summed E-state index contributed by atoms with van der Waals surface area (Å²) in [5, 5.41) is 0. The Hall–Kier alpha value is -3.21. The fraction of sp³-hybridized carbons (Fsp3) is 0.326. The Labute approximate surface area is 342 Å². The van der Waals surface area contributed by atoms with Crippen LogP contribution in [0.4, 0.5) is 5.69 Å². The summed E-state index contributed by atoms with van der Waals surface area (Å²) in [5.74, 6) is 2.64. The largest absolute Gasteiger partial charge is 1.00 e. The fourth-order valence-electron chi connectivity index (χ4n) is 6.47. The highest BCUT2D eigenvalue weighted by atomic mass is 79.9. The van der Waals surface area contributed by atoms with E-state index in [4.69, 9.17) is 9.15 Å². The van der Waals surface area contributed by atoms with E-state index in [-0.39, 0.29) is 50.9 Å². The molecule has 6 rings (SSSR count). The van der Waals surface area contributed by atoms with E-state index in [0.29, 0.717) is 0 Å². The third-order valence-corrected chi connectivity index (χ3v) is 9.12. The fourth-order valence-corrected chi connectivity index (χ4v) is 6.47. The lowest BCUT2D eigenvalue weighted by Crippen LogP contribution is -3.00. The number of rotatable bonds is 13. The van der Waals surface area contributed by atoms with Crippen LogP contribution in [0.5, 0.6) is 5.75 Å². The molecule has 9 heteroatoms. The number of oxazole rings is 1. The maximum Gasteiger partial charge on any atom is 0.374 e. The van der Waals surface area contributed by atoms with Crippen LogP contribution in [-0.4, -0.2) is 70.9 Å². The second-order valence-corrected chi connectivity index (χ2v) is 15.2. The van der Waals surface area contributed by atoms with Gasteiger partial charge in [0, 0.05) is 25.1 Å². The standard InChI is InChI=1S/C43H53N4O2.3BrH/c1-8-33(29-42-44(25-15-27-46(2,3)4)38-31-36(21-23-40(38)48-42)34-17-11-9-12-18-34)30-43-45(26-16-28-47(5,6)7)39-32-37(22-24-41(39)49-43)35-19-13-10-14-20-35;;;/h9-14,17-24,29-32H,8,15-16,25-28H2,1-7H3;3*1H/q+3;;;/p-3. The SMILES string of the molecule is CCC(=Cc1oc2ccc(-c3ccccc3)cc2[n+]1CCC[N+](C)(C)C)C=C1Oc2ccc(-c3ccccc3)cc2N1CCC[N+](C)(C)C.[Br-].[Br-].[Br-]. The maximum atomic E-state index is 6.62. The minimum Gasteiger partial charge on any atom is -1.00 e. The highest BCUT2D eigenvalue weighted by Crippen LogP contribution is 2.42. The van der Waals surface area contributed by atoms with Crippen LogP contribution in [0.15, 0.2) is 119 Å². The van der Waals surface area contributed by atoms with Gasteiger partial charge in [-0.15, -0.1) is 0 Å². The number of ether oxygens (including phenoxy) is 1. The van der Waals surface area contributed by atoms with Crippen molar-refractivity contribution >= 4 is 22.9 Å². The van der Waals surface area contributed by atoms with Crippen LogP contribution in [0.2, 0.25) is 0 Å². The van der Waals surface area contributed by atoms with E-state index in [1.54, 1.807) is 0 Å². The van der Waals surface area contributed by atoms with E-state index < -0.39 is 0 Å². The molecule has 6 nitrogen and oxygen atoms in total. The molecular formula is C43H53Br3N4O2. The van der Waals surface area contributed by atoms with Crippen LogP contribution in [0.25, 0.3) is 39.4 Å². The molecule has 52 heavy (non-hydrogen) atoms. The summed E-state index contributed by atoms with van der Waals surface area (Å²) >= 11 is 0. The van der Waals surface area contributed by atoms with Crippen molar-refractivity contribution in [2.45, 2.75) is 32.7 Å². The van der Waals surface area contributed by atoms with E-state index in [9.17, 15) is 0 Å². The van der Waals surface area contributed by atoms with E-state index in [1.807, 2.05) is 0 Å². The average Bonchev–Trinajstić information content (AvgIpc) is 3.60. The zero-order valence-electron chi connectivity index (χ0n) is 31.6. The van der Waals surface area contributed by atoms with Gasteiger partial charge in [-0.3, -0.25) is 0 Å². The first-order valence-electron chi connectivity index (χ1n) is 17.7. The molecule has 0 saturated heterocycles. The number of fused-ring (bicyclic) bond motifs is 2. The molecule has 0 fully saturated rings. The quantitative estimate of drug-likeness (QED) is 0.121. The predicted octanol–water partition coefficient (Wildman–Crippen LogP) is -0.207. The molecule has 0 radical (unpaired) electrons. The molecule has 0 N–H and O–H groups in total. The number of hydrogen-bond acceptors (Lipinski definition) is 3. The summed E-state index contributed by atoms with van der Waals surface area (Å²) in [7, 11) is 13.5.